The Hall–Kier alpha value is -5.24. The summed E-state index contributed by atoms with van der Waals surface area (Å²) in [5.74, 6) is -1.49. The van der Waals surface area contributed by atoms with Crippen LogP contribution in [0.5, 0.6) is 0 Å². The van der Waals surface area contributed by atoms with Gasteiger partial charge in [0.05, 0.1) is 6.42 Å². The zero-order valence-corrected chi connectivity index (χ0v) is 22.7. The maximum absolute atomic E-state index is 14.0. The molecule has 5 rings (SSSR count). The molecule has 0 bridgehead atoms. The highest BCUT2D eigenvalue weighted by molar-refractivity contribution is 6.11. The third-order valence-electron chi connectivity index (χ3n) is 7.17. The predicted octanol–water partition coefficient (Wildman–Crippen LogP) is 5.67. The Labute approximate surface area is 237 Å². The number of carbonyl (C=O) groups excluding carboxylic acids is 2. The standard InChI is InChI=1S/C33H30N4O4/c1-36(24-14-18-34-19-15-24)32(40)28-11-4-2-9-26(28)27-10-3-5-12-29(27)33(41)37(21-17-31(38)39)20-16-23-22-35-30-13-7-6-8-25(23)30/h2-15,18-19,22,35H,16-17,20-21H2,1H3,(H,38,39). The lowest BCUT2D eigenvalue weighted by atomic mass is 9.94. The van der Waals surface area contributed by atoms with Gasteiger partial charge in [-0.1, -0.05) is 54.6 Å². The summed E-state index contributed by atoms with van der Waals surface area (Å²) in [6.45, 7) is 0.407. The lowest BCUT2D eigenvalue weighted by Crippen LogP contribution is -2.35. The van der Waals surface area contributed by atoms with Gasteiger partial charge in [0.15, 0.2) is 0 Å². The maximum Gasteiger partial charge on any atom is 0.305 e. The number of para-hydroxylation sites is 1. The molecule has 41 heavy (non-hydrogen) atoms. The fraction of sp³-hybridized carbons (Fsp3) is 0.152. The van der Waals surface area contributed by atoms with Crippen LogP contribution in [0, 0.1) is 0 Å². The number of carboxylic acid groups (broad SMARTS) is 1. The number of anilines is 1. The number of hydrogen-bond donors (Lipinski definition) is 2. The van der Waals surface area contributed by atoms with Crippen LogP contribution in [0.3, 0.4) is 0 Å². The van der Waals surface area contributed by atoms with Crippen LogP contribution < -0.4 is 4.90 Å². The number of aliphatic carboxylic acids is 1. The fourth-order valence-corrected chi connectivity index (χ4v) is 4.98. The second-order valence-electron chi connectivity index (χ2n) is 9.71. The Morgan fingerprint density at radius 2 is 1.39 bits per heavy atom. The quantitative estimate of drug-likeness (QED) is 0.235. The number of benzene rings is 3. The first-order chi connectivity index (χ1) is 19.9. The molecule has 0 aliphatic carbocycles. The topological polar surface area (TPSA) is 107 Å². The summed E-state index contributed by atoms with van der Waals surface area (Å²) < 4.78 is 0. The van der Waals surface area contributed by atoms with Crippen molar-refractivity contribution < 1.29 is 19.5 Å². The number of carboxylic acids is 1. The maximum atomic E-state index is 14.0. The summed E-state index contributed by atoms with van der Waals surface area (Å²) in [7, 11) is 1.70. The fourth-order valence-electron chi connectivity index (χ4n) is 4.98. The summed E-state index contributed by atoms with van der Waals surface area (Å²) in [4.78, 5) is 49.5. The Morgan fingerprint density at radius 3 is 2.07 bits per heavy atom. The SMILES string of the molecule is CN(C(=O)c1ccccc1-c1ccccc1C(=O)N(CCC(=O)O)CCc1c[nH]c2ccccc12)c1ccncc1. The number of nitrogens with zero attached hydrogens (tertiary/aromatic N) is 3. The molecule has 0 fully saturated rings. The van der Waals surface area contributed by atoms with Crippen molar-refractivity contribution in [3.05, 3.63) is 120 Å². The lowest BCUT2D eigenvalue weighted by molar-refractivity contribution is -0.137. The summed E-state index contributed by atoms with van der Waals surface area (Å²) in [5.41, 5.74) is 4.84. The van der Waals surface area contributed by atoms with Gasteiger partial charge in [0.2, 0.25) is 0 Å². The normalized spacial score (nSPS) is 10.9. The lowest BCUT2D eigenvalue weighted by Gasteiger charge is -2.24. The van der Waals surface area contributed by atoms with Crippen LogP contribution >= 0.6 is 0 Å². The zero-order valence-electron chi connectivity index (χ0n) is 22.7. The number of amides is 2. The van der Waals surface area contributed by atoms with Gasteiger partial charge in [-0.05, 0) is 53.4 Å². The second kappa shape index (κ2) is 12.3. The van der Waals surface area contributed by atoms with Gasteiger partial charge in [0.1, 0.15) is 0 Å². The van der Waals surface area contributed by atoms with E-state index < -0.39 is 5.97 Å². The third-order valence-corrected chi connectivity index (χ3v) is 7.17. The molecule has 0 atom stereocenters. The first-order valence-electron chi connectivity index (χ1n) is 13.4. The van der Waals surface area contributed by atoms with E-state index in [0.717, 1.165) is 16.5 Å². The Kier molecular flexibility index (Phi) is 8.20. The number of pyridine rings is 1. The van der Waals surface area contributed by atoms with Gasteiger partial charge in [0, 0.05) is 66.4 Å². The molecular formula is C33H30N4O4. The molecule has 206 valence electrons. The minimum absolute atomic E-state index is 0.0657. The van der Waals surface area contributed by atoms with Crippen molar-refractivity contribution in [3.63, 3.8) is 0 Å². The number of carbonyl (C=O) groups is 3. The van der Waals surface area contributed by atoms with E-state index in [-0.39, 0.29) is 24.8 Å². The molecule has 2 aromatic heterocycles. The molecule has 5 aromatic rings. The molecule has 2 amide bonds. The van der Waals surface area contributed by atoms with Crippen molar-refractivity contribution in [2.45, 2.75) is 12.8 Å². The summed E-state index contributed by atoms with van der Waals surface area (Å²) in [6, 6.07) is 25.8. The number of aromatic amines is 1. The van der Waals surface area contributed by atoms with Crippen molar-refractivity contribution >= 4 is 34.4 Å². The minimum atomic E-state index is -0.974. The Bertz CT molecular complexity index is 1700. The molecule has 2 N–H and O–H groups in total. The largest absolute Gasteiger partial charge is 0.481 e. The van der Waals surface area contributed by atoms with E-state index in [0.29, 0.717) is 40.9 Å². The molecule has 8 nitrogen and oxygen atoms in total. The van der Waals surface area contributed by atoms with Crippen LogP contribution in [-0.4, -0.2) is 57.9 Å². The highest BCUT2D eigenvalue weighted by Crippen LogP contribution is 2.30. The van der Waals surface area contributed by atoms with Crippen LogP contribution in [0.15, 0.2) is 104 Å². The number of hydrogen-bond acceptors (Lipinski definition) is 4. The molecule has 0 radical (unpaired) electrons. The number of fused-ring (bicyclic) bond motifs is 1. The van der Waals surface area contributed by atoms with Crippen molar-refractivity contribution in [1.82, 2.24) is 14.9 Å². The molecule has 0 spiro atoms. The number of aromatic nitrogens is 2. The van der Waals surface area contributed by atoms with E-state index in [1.165, 1.54) is 0 Å². The van der Waals surface area contributed by atoms with Crippen LogP contribution in [0.1, 0.15) is 32.7 Å². The van der Waals surface area contributed by atoms with Crippen molar-refractivity contribution in [1.29, 1.82) is 0 Å². The van der Waals surface area contributed by atoms with Gasteiger partial charge in [-0.2, -0.15) is 0 Å². The molecule has 3 aromatic carbocycles. The summed E-state index contributed by atoms with van der Waals surface area (Å²) in [6.07, 6.45) is 5.57. The molecule has 0 aliphatic rings. The van der Waals surface area contributed by atoms with Crippen LogP contribution in [-0.2, 0) is 11.2 Å². The van der Waals surface area contributed by atoms with Gasteiger partial charge in [-0.3, -0.25) is 19.4 Å². The van der Waals surface area contributed by atoms with Crippen molar-refractivity contribution in [3.8, 4) is 11.1 Å². The second-order valence-corrected chi connectivity index (χ2v) is 9.71. The number of H-pyrrole nitrogens is 1. The monoisotopic (exact) mass is 546 g/mol. The van der Waals surface area contributed by atoms with E-state index in [2.05, 4.69) is 9.97 Å². The van der Waals surface area contributed by atoms with Crippen molar-refractivity contribution in [2.75, 3.05) is 25.0 Å². The Morgan fingerprint density at radius 1 is 0.780 bits per heavy atom. The minimum Gasteiger partial charge on any atom is -0.481 e. The van der Waals surface area contributed by atoms with Gasteiger partial charge in [-0.15, -0.1) is 0 Å². The van der Waals surface area contributed by atoms with E-state index in [4.69, 9.17) is 0 Å². The summed E-state index contributed by atoms with van der Waals surface area (Å²) >= 11 is 0. The van der Waals surface area contributed by atoms with Gasteiger partial charge in [-0.25, -0.2) is 0 Å². The smallest absolute Gasteiger partial charge is 0.305 e. The molecule has 0 saturated carbocycles. The third kappa shape index (κ3) is 6.01. The van der Waals surface area contributed by atoms with Gasteiger partial charge in [0.25, 0.3) is 11.8 Å². The first kappa shape index (κ1) is 27.3. The molecule has 8 heteroatoms. The van der Waals surface area contributed by atoms with E-state index >= 15 is 0 Å². The van der Waals surface area contributed by atoms with Crippen molar-refractivity contribution in [2.24, 2.45) is 0 Å². The number of rotatable bonds is 10. The molecular weight excluding hydrogens is 516 g/mol. The predicted molar refractivity (Wildman–Crippen MR) is 159 cm³/mol. The van der Waals surface area contributed by atoms with Gasteiger partial charge >= 0.3 is 5.97 Å². The highest BCUT2D eigenvalue weighted by Gasteiger charge is 2.24. The average Bonchev–Trinajstić information content (AvgIpc) is 3.43. The van der Waals surface area contributed by atoms with Gasteiger partial charge < -0.3 is 19.9 Å². The van der Waals surface area contributed by atoms with Crippen LogP contribution in [0.4, 0.5) is 5.69 Å². The molecule has 2 heterocycles. The molecule has 0 saturated heterocycles. The van der Waals surface area contributed by atoms with Crippen LogP contribution in [0.25, 0.3) is 22.0 Å². The van der Waals surface area contributed by atoms with E-state index in [1.807, 2.05) is 54.7 Å². The Balaban J connectivity index is 1.47. The average molecular weight is 547 g/mol. The molecule has 0 aliphatic heterocycles. The zero-order chi connectivity index (χ0) is 28.8. The highest BCUT2D eigenvalue weighted by atomic mass is 16.4. The first-order valence-corrected chi connectivity index (χ1v) is 13.4. The van der Waals surface area contributed by atoms with E-state index in [9.17, 15) is 19.5 Å². The molecule has 0 unspecified atom stereocenters. The van der Waals surface area contributed by atoms with E-state index in [1.54, 1.807) is 65.6 Å². The van der Waals surface area contributed by atoms with Crippen LogP contribution in [0.2, 0.25) is 0 Å². The summed E-state index contributed by atoms with van der Waals surface area (Å²) in [5, 5.41) is 10.5. The number of nitrogens with one attached hydrogen (secondary N) is 1.